The molecule has 0 saturated carbocycles. The summed E-state index contributed by atoms with van der Waals surface area (Å²) >= 11 is 0. The Morgan fingerprint density at radius 2 is 1.68 bits per heavy atom. The van der Waals surface area contributed by atoms with Gasteiger partial charge in [-0.1, -0.05) is 35.0 Å². The summed E-state index contributed by atoms with van der Waals surface area (Å²) in [6, 6.07) is 11.7. The van der Waals surface area contributed by atoms with Crippen molar-refractivity contribution in [3.63, 3.8) is 0 Å². The minimum atomic E-state index is -0.0283. The highest BCUT2D eigenvalue weighted by Gasteiger charge is 2.11. The van der Waals surface area contributed by atoms with Crippen molar-refractivity contribution < 1.29 is 14.1 Å². The monoisotopic (exact) mass is 378 g/mol. The topological polar surface area (TPSA) is 64.4 Å². The number of nitrogens with one attached hydrogen (secondary N) is 1. The van der Waals surface area contributed by atoms with E-state index >= 15 is 0 Å². The lowest BCUT2D eigenvalue weighted by Gasteiger charge is -2.13. The summed E-state index contributed by atoms with van der Waals surface area (Å²) in [5, 5.41) is 6.96. The Balaban J connectivity index is 1.59. The highest BCUT2D eigenvalue weighted by atomic mass is 16.5. The molecule has 5 heteroatoms. The molecule has 0 saturated heterocycles. The van der Waals surface area contributed by atoms with E-state index in [-0.39, 0.29) is 5.91 Å². The van der Waals surface area contributed by atoms with Gasteiger partial charge < -0.3 is 14.6 Å². The maximum absolute atomic E-state index is 12.5. The fourth-order valence-corrected chi connectivity index (χ4v) is 3.31. The number of anilines is 1. The molecule has 28 heavy (non-hydrogen) atoms. The SMILES string of the molecule is Cc1cc(C)c(NC(=O)Cc2ccc(OCc3c(C)noc3C)cc2)c(C)c1. The zero-order valence-corrected chi connectivity index (χ0v) is 17.1. The molecule has 5 nitrogen and oxygen atoms in total. The van der Waals surface area contributed by atoms with Gasteiger partial charge in [0.05, 0.1) is 17.7 Å². The second kappa shape index (κ2) is 8.30. The first kappa shape index (κ1) is 19.7. The van der Waals surface area contributed by atoms with Crippen LogP contribution in [0.3, 0.4) is 0 Å². The number of aryl methyl sites for hydroxylation is 5. The molecule has 3 rings (SSSR count). The predicted octanol–water partition coefficient (Wildman–Crippen LogP) is 4.98. The molecule has 1 N–H and O–H groups in total. The zero-order valence-electron chi connectivity index (χ0n) is 17.1. The average Bonchev–Trinajstić information content (AvgIpc) is 2.95. The van der Waals surface area contributed by atoms with Crippen LogP contribution >= 0.6 is 0 Å². The first-order valence-corrected chi connectivity index (χ1v) is 9.34. The smallest absolute Gasteiger partial charge is 0.228 e. The number of rotatable bonds is 6. The molecule has 0 aliphatic rings. The number of amides is 1. The van der Waals surface area contributed by atoms with E-state index in [1.165, 1.54) is 5.56 Å². The van der Waals surface area contributed by atoms with Crippen LogP contribution < -0.4 is 10.1 Å². The van der Waals surface area contributed by atoms with Gasteiger partial charge in [-0.2, -0.15) is 0 Å². The Bertz CT molecular complexity index is 945. The Labute approximate surface area is 165 Å². The molecule has 1 amide bonds. The van der Waals surface area contributed by atoms with Crippen molar-refractivity contribution >= 4 is 11.6 Å². The van der Waals surface area contributed by atoms with Crippen molar-refractivity contribution in [2.24, 2.45) is 0 Å². The molecular formula is C23H26N2O3. The summed E-state index contributed by atoms with van der Waals surface area (Å²) < 4.78 is 11.0. The highest BCUT2D eigenvalue weighted by molar-refractivity contribution is 5.93. The maximum atomic E-state index is 12.5. The number of nitrogens with zero attached hydrogens (tertiary/aromatic N) is 1. The van der Waals surface area contributed by atoms with E-state index in [0.717, 1.165) is 45.1 Å². The average molecular weight is 378 g/mol. The van der Waals surface area contributed by atoms with Gasteiger partial charge in [0, 0.05) is 5.69 Å². The molecule has 0 atom stereocenters. The van der Waals surface area contributed by atoms with E-state index in [1.54, 1.807) is 0 Å². The number of hydrogen-bond donors (Lipinski definition) is 1. The first-order chi connectivity index (χ1) is 13.3. The molecule has 0 unspecified atom stereocenters. The van der Waals surface area contributed by atoms with Gasteiger partial charge in [-0.25, -0.2) is 0 Å². The number of carbonyl (C=O) groups is 1. The summed E-state index contributed by atoms with van der Waals surface area (Å²) in [5.41, 5.74) is 6.99. The van der Waals surface area contributed by atoms with Crippen LogP contribution in [0.5, 0.6) is 5.75 Å². The largest absolute Gasteiger partial charge is 0.489 e. The summed E-state index contributed by atoms with van der Waals surface area (Å²) in [4.78, 5) is 12.5. The highest BCUT2D eigenvalue weighted by Crippen LogP contribution is 2.22. The van der Waals surface area contributed by atoms with E-state index < -0.39 is 0 Å². The van der Waals surface area contributed by atoms with Crippen LogP contribution in [0.1, 0.15) is 39.3 Å². The quantitative estimate of drug-likeness (QED) is 0.657. The molecule has 0 fully saturated rings. The number of ether oxygens (including phenoxy) is 1. The van der Waals surface area contributed by atoms with Gasteiger partial charge in [0.25, 0.3) is 0 Å². The molecule has 1 heterocycles. The minimum absolute atomic E-state index is 0.0283. The minimum Gasteiger partial charge on any atom is -0.489 e. The van der Waals surface area contributed by atoms with Crippen LogP contribution in [0.15, 0.2) is 40.9 Å². The van der Waals surface area contributed by atoms with Gasteiger partial charge in [0.15, 0.2) is 0 Å². The third kappa shape index (κ3) is 4.60. The lowest BCUT2D eigenvalue weighted by atomic mass is 10.0. The van der Waals surface area contributed by atoms with Gasteiger partial charge in [0.2, 0.25) is 5.91 Å². The molecule has 0 radical (unpaired) electrons. The molecule has 3 aromatic rings. The normalized spacial score (nSPS) is 10.8. The fourth-order valence-electron chi connectivity index (χ4n) is 3.31. The van der Waals surface area contributed by atoms with E-state index in [1.807, 2.05) is 52.0 Å². The van der Waals surface area contributed by atoms with Crippen molar-refractivity contribution in [1.29, 1.82) is 0 Å². The third-order valence-corrected chi connectivity index (χ3v) is 4.79. The van der Waals surface area contributed by atoms with Crippen molar-refractivity contribution in [2.45, 2.75) is 47.6 Å². The van der Waals surface area contributed by atoms with E-state index in [9.17, 15) is 4.79 Å². The number of carbonyl (C=O) groups excluding carboxylic acids is 1. The van der Waals surface area contributed by atoms with Gasteiger partial charge in [-0.3, -0.25) is 4.79 Å². The summed E-state index contributed by atoms with van der Waals surface area (Å²) in [7, 11) is 0. The second-order valence-corrected chi connectivity index (χ2v) is 7.23. The maximum Gasteiger partial charge on any atom is 0.228 e. The van der Waals surface area contributed by atoms with Crippen LogP contribution in [-0.4, -0.2) is 11.1 Å². The van der Waals surface area contributed by atoms with Crippen molar-refractivity contribution in [3.8, 4) is 5.75 Å². The van der Waals surface area contributed by atoms with E-state index in [2.05, 4.69) is 29.5 Å². The Hall–Kier alpha value is -3.08. The molecule has 0 aliphatic heterocycles. The number of hydrogen-bond acceptors (Lipinski definition) is 4. The molecule has 0 spiro atoms. The Kier molecular flexibility index (Phi) is 5.83. The van der Waals surface area contributed by atoms with E-state index in [0.29, 0.717) is 13.0 Å². The standard InChI is InChI=1S/C23H26N2O3/c1-14-10-15(2)23(16(3)11-14)24-22(26)12-19-6-8-20(9-7-19)27-13-21-17(4)25-28-18(21)5/h6-11H,12-13H2,1-5H3,(H,24,26). The summed E-state index contributed by atoms with van der Waals surface area (Å²) in [6.07, 6.45) is 0.316. The van der Waals surface area contributed by atoms with Crippen LogP contribution in [-0.2, 0) is 17.8 Å². The third-order valence-electron chi connectivity index (χ3n) is 4.79. The van der Waals surface area contributed by atoms with Gasteiger partial charge in [-0.15, -0.1) is 0 Å². The Morgan fingerprint density at radius 3 is 2.25 bits per heavy atom. The van der Waals surface area contributed by atoms with Crippen LogP contribution in [0.2, 0.25) is 0 Å². The molecule has 0 aliphatic carbocycles. The van der Waals surface area contributed by atoms with Gasteiger partial charge in [-0.05, 0) is 63.4 Å². The van der Waals surface area contributed by atoms with Crippen molar-refractivity contribution in [1.82, 2.24) is 5.16 Å². The zero-order chi connectivity index (χ0) is 20.3. The van der Waals surface area contributed by atoms with Crippen LogP contribution in [0.25, 0.3) is 0 Å². The van der Waals surface area contributed by atoms with Crippen molar-refractivity contribution in [3.05, 3.63) is 75.7 Å². The Morgan fingerprint density at radius 1 is 1.04 bits per heavy atom. The predicted molar refractivity (Wildman–Crippen MR) is 110 cm³/mol. The fraction of sp³-hybridized carbons (Fsp3) is 0.304. The van der Waals surface area contributed by atoms with Crippen molar-refractivity contribution in [2.75, 3.05) is 5.32 Å². The summed E-state index contributed by atoms with van der Waals surface area (Å²) in [5.74, 6) is 1.49. The molecule has 1 aromatic heterocycles. The molecule has 146 valence electrons. The van der Waals surface area contributed by atoms with E-state index in [4.69, 9.17) is 9.26 Å². The van der Waals surface area contributed by atoms with Gasteiger partial charge in [0.1, 0.15) is 18.1 Å². The van der Waals surface area contributed by atoms with Crippen LogP contribution in [0, 0.1) is 34.6 Å². The molecular weight excluding hydrogens is 352 g/mol. The van der Waals surface area contributed by atoms with Gasteiger partial charge >= 0.3 is 0 Å². The number of aromatic nitrogens is 1. The molecule has 0 bridgehead atoms. The van der Waals surface area contributed by atoms with Crippen LogP contribution in [0.4, 0.5) is 5.69 Å². The molecule has 2 aromatic carbocycles. The first-order valence-electron chi connectivity index (χ1n) is 9.34. The number of benzene rings is 2. The lowest BCUT2D eigenvalue weighted by molar-refractivity contribution is -0.115. The summed E-state index contributed by atoms with van der Waals surface area (Å²) in [6.45, 7) is 10.3. The lowest BCUT2D eigenvalue weighted by Crippen LogP contribution is -2.16. The second-order valence-electron chi connectivity index (χ2n) is 7.23.